The maximum atomic E-state index is 14.6. The van der Waals surface area contributed by atoms with Gasteiger partial charge in [-0.1, -0.05) is 12.1 Å². The van der Waals surface area contributed by atoms with Gasteiger partial charge in [0.1, 0.15) is 54.2 Å². The van der Waals surface area contributed by atoms with Crippen LogP contribution in [0.2, 0.25) is 0 Å². The highest BCUT2D eigenvalue weighted by atomic mass is 19.1. The predicted octanol–water partition coefficient (Wildman–Crippen LogP) is 4.46. The molecule has 2 unspecified atom stereocenters. The number of hydrogen-bond donors (Lipinski definition) is 0. The summed E-state index contributed by atoms with van der Waals surface area (Å²) in [4.78, 5) is 0. The first kappa shape index (κ1) is 20.6. The SMILES string of the molecule is Fc1cc(OCOc2ccc(OCC3CO3)cc2)ccc1-c1ccc(OCC2CO2)cc1. The Kier molecular flexibility index (Phi) is 6.09. The molecule has 6 nitrogen and oxygen atoms in total. The summed E-state index contributed by atoms with van der Waals surface area (Å²) in [7, 11) is 0. The first-order valence-electron chi connectivity index (χ1n) is 10.5. The van der Waals surface area contributed by atoms with Crippen molar-refractivity contribution in [3.05, 3.63) is 72.5 Å². The van der Waals surface area contributed by atoms with E-state index in [1.165, 1.54) is 6.07 Å². The zero-order valence-electron chi connectivity index (χ0n) is 17.4. The van der Waals surface area contributed by atoms with Crippen LogP contribution in [0.5, 0.6) is 23.0 Å². The summed E-state index contributed by atoms with van der Waals surface area (Å²) in [6.07, 6.45) is 0.413. The standard InChI is InChI=1S/C25H23FO6/c26-25-11-21(32-16-31-20-7-5-19(6-8-20)28-13-23-15-30-23)9-10-24(25)17-1-3-18(4-2-17)27-12-22-14-29-22/h1-11,22-23H,12-16H2. The number of halogens is 1. The highest BCUT2D eigenvalue weighted by Crippen LogP contribution is 2.28. The first-order valence-corrected chi connectivity index (χ1v) is 10.5. The Balaban J connectivity index is 1.11. The van der Waals surface area contributed by atoms with Crippen LogP contribution in [0.3, 0.4) is 0 Å². The molecule has 7 heteroatoms. The zero-order chi connectivity index (χ0) is 21.8. The van der Waals surface area contributed by atoms with Crippen molar-refractivity contribution in [1.82, 2.24) is 0 Å². The Labute approximate surface area is 185 Å². The van der Waals surface area contributed by atoms with Crippen LogP contribution < -0.4 is 18.9 Å². The molecule has 166 valence electrons. The molecule has 2 heterocycles. The maximum absolute atomic E-state index is 14.6. The predicted molar refractivity (Wildman–Crippen MR) is 115 cm³/mol. The quantitative estimate of drug-likeness (QED) is 0.325. The van der Waals surface area contributed by atoms with Crippen LogP contribution >= 0.6 is 0 Å². The lowest BCUT2D eigenvalue weighted by Gasteiger charge is -2.11. The van der Waals surface area contributed by atoms with E-state index in [1.54, 1.807) is 24.3 Å². The Morgan fingerprint density at radius 2 is 1.12 bits per heavy atom. The molecule has 2 saturated heterocycles. The fourth-order valence-corrected chi connectivity index (χ4v) is 3.05. The van der Waals surface area contributed by atoms with E-state index in [4.69, 9.17) is 28.4 Å². The third-order valence-corrected chi connectivity index (χ3v) is 5.06. The lowest BCUT2D eigenvalue weighted by molar-refractivity contribution is 0.119. The monoisotopic (exact) mass is 438 g/mol. The van der Waals surface area contributed by atoms with Gasteiger partial charge in [0.25, 0.3) is 0 Å². The molecule has 32 heavy (non-hydrogen) atoms. The van der Waals surface area contributed by atoms with Crippen LogP contribution in [0.4, 0.5) is 4.39 Å². The Hall–Kier alpha value is -3.29. The molecule has 2 fully saturated rings. The van der Waals surface area contributed by atoms with E-state index in [-0.39, 0.29) is 24.8 Å². The van der Waals surface area contributed by atoms with E-state index in [0.29, 0.717) is 30.3 Å². The largest absolute Gasteiger partial charge is 0.491 e. The van der Waals surface area contributed by atoms with E-state index in [9.17, 15) is 4.39 Å². The molecule has 0 spiro atoms. The average molecular weight is 438 g/mol. The van der Waals surface area contributed by atoms with Gasteiger partial charge in [0, 0.05) is 11.6 Å². The second kappa shape index (κ2) is 9.46. The molecule has 2 aliphatic heterocycles. The van der Waals surface area contributed by atoms with E-state index in [2.05, 4.69) is 0 Å². The minimum Gasteiger partial charge on any atom is -0.491 e. The second-order valence-corrected chi connectivity index (χ2v) is 7.58. The summed E-state index contributed by atoms with van der Waals surface area (Å²) in [5, 5.41) is 0. The second-order valence-electron chi connectivity index (χ2n) is 7.58. The summed E-state index contributed by atoms with van der Waals surface area (Å²) < 4.78 is 47.2. The van der Waals surface area contributed by atoms with Gasteiger partial charge in [0.2, 0.25) is 6.79 Å². The summed E-state index contributed by atoms with van der Waals surface area (Å²) in [6.45, 7) is 2.57. The molecule has 2 atom stereocenters. The lowest BCUT2D eigenvalue weighted by Crippen LogP contribution is -2.06. The summed E-state index contributed by atoms with van der Waals surface area (Å²) in [5.74, 6) is 2.14. The molecular weight excluding hydrogens is 415 g/mol. The third kappa shape index (κ3) is 5.69. The molecular formula is C25H23FO6. The molecule has 2 aliphatic rings. The van der Waals surface area contributed by atoms with Crippen molar-refractivity contribution < 1.29 is 32.8 Å². The third-order valence-electron chi connectivity index (χ3n) is 5.06. The van der Waals surface area contributed by atoms with Crippen molar-refractivity contribution >= 4 is 0 Å². The summed E-state index contributed by atoms with van der Waals surface area (Å²) in [6, 6.07) is 19.3. The van der Waals surface area contributed by atoms with Crippen LogP contribution in [-0.2, 0) is 9.47 Å². The summed E-state index contributed by atoms with van der Waals surface area (Å²) in [5.41, 5.74) is 1.25. The molecule has 3 aromatic rings. The Morgan fingerprint density at radius 3 is 1.66 bits per heavy atom. The topological polar surface area (TPSA) is 62.0 Å². The number of rotatable bonds is 11. The molecule has 5 rings (SSSR count). The molecule has 0 radical (unpaired) electrons. The highest BCUT2D eigenvalue weighted by molar-refractivity contribution is 5.65. The number of epoxide rings is 2. The minimum atomic E-state index is -0.372. The van der Waals surface area contributed by atoms with Crippen LogP contribution in [0, 0.1) is 5.82 Å². The van der Waals surface area contributed by atoms with Gasteiger partial charge in [-0.2, -0.15) is 0 Å². The normalized spacial score (nSPS) is 18.7. The van der Waals surface area contributed by atoms with E-state index >= 15 is 0 Å². The van der Waals surface area contributed by atoms with Gasteiger partial charge in [-0.15, -0.1) is 0 Å². The number of hydrogen-bond acceptors (Lipinski definition) is 6. The molecule has 0 N–H and O–H groups in total. The fourth-order valence-electron chi connectivity index (χ4n) is 3.05. The van der Waals surface area contributed by atoms with Gasteiger partial charge >= 0.3 is 0 Å². The van der Waals surface area contributed by atoms with Crippen LogP contribution in [0.25, 0.3) is 11.1 Å². The highest BCUT2D eigenvalue weighted by Gasteiger charge is 2.23. The first-order chi connectivity index (χ1) is 15.7. The molecule has 3 aromatic carbocycles. The van der Waals surface area contributed by atoms with Gasteiger partial charge in [0.05, 0.1) is 13.2 Å². The minimum absolute atomic E-state index is 0.0361. The van der Waals surface area contributed by atoms with Crippen molar-refractivity contribution in [3.8, 4) is 34.1 Å². The van der Waals surface area contributed by atoms with Gasteiger partial charge < -0.3 is 28.4 Å². The van der Waals surface area contributed by atoms with Crippen LogP contribution in [0.1, 0.15) is 0 Å². The summed E-state index contributed by atoms with van der Waals surface area (Å²) >= 11 is 0. The molecule has 0 aliphatic carbocycles. The van der Waals surface area contributed by atoms with E-state index < -0.39 is 0 Å². The van der Waals surface area contributed by atoms with Gasteiger partial charge in [-0.25, -0.2) is 4.39 Å². The van der Waals surface area contributed by atoms with Crippen molar-refractivity contribution in [3.63, 3.8) is 0 Å². The smallest absolute Gasteiger partial charge is 0.230 e. The molecule has 0 amide bonds. The zero-order valence-corrected chi connectivity index (χ0v) is 17.4. The maximum Gasteiger partial charge on any atom is 0.230 e. The average Bonchev–Trinajstić information content (AvgIpc) is 3.73. The van der Waals surface area contributed by atoms with E-state index in [0.717, 1.165) is 30.3 Å². The van der Waals surface area contributed by atoms with Crippen molar-refractivity contribution in [2.45, 2.75) is 12.2 Å². The van der Waals surface area contributed by atoms with Crippen molar-refractivity contribution in [1.29, 1.82) is 0 Å². The number of ether oxygens (including phenoxy) is 6. The van der Waals surface area contributed by atoms with Crippen molar-refractivity contribution in [2.24, 2.45) is 0 Å². The van der Waals surface area contributed by atoms with Crippen LogP contribution in [-0.4, -0.2) is 45.4 Å². The Morgan fingerprint density at radius 1 is 0.656 bits per heavy atom. The van der Waals surface area contributed by atoms with Crippen LogP contribution in [0.15, 0.2) is 66.7 Å². The van der Waals surface area contributed by atoms with E-state index in [1.807, 2.05) is 36.4 Å². The Bertz CT molecular complexity index is 1030. The molecule has 0 saturated carbocycles. The molecule has 0 bridgehead atoms. The van der Waals surface area contributed by atoms with Crippen molar-refractivity contribution in [2.75, 3.05) is 33.2 Å². The van der Waals surface area contributed by atoms with Gasteiger partial charge in [-0.3, -0.25) is 0 Å². The molecule has 0 aromatic heterocycles. The lowest BCUT2D eigenvalue weighted by atomic mass is 10.0. The fraction of sp³-hybridized carbons (Fsp3) is 0.280. The van der Waals surface area contributed by atoms with Gasteiger partial charge in [0.15, 0.2) is 0 Å². The van der Waals surface area contributed by atoms with Gasteiger partial charge in [-0.05, 0) is 54.1 Å². The number of benzene rings is 3.